The highest BCUT2D eigenvalue weighted by Gasteiger charge is 2.11. The second kappa shape index (κ2) is 5.13. The minimum atomic E-state index is -0.163. The Balaban J connectivity index is 1.82. The number of carbonyl (C=O) groups excluding carboxylic acids is 1. The van der Waals surface area contributed by atoms with Gasteiger partial charge in [-0.25, -0.2) is 9.50 Å². The molecule has 1 N–H and O–H groups in total. The molecule has 0 spiro atoms. The third kappa shape index (κ3) is 2.38. The van der Waals surface area contributed by atoms with E-state index in [2.05, 4.69) is 15.4 Å². The monoisotopic (exact) mass is 266 g/mol. The average molecular weight is 266 g/mol. The number of nitrogens with one attached hydrogen (secondary N) is 1. The molecule has 20 heavy (non-hydrogen) atoms. The van der Waals surface area contributed by atoms with E-state index in [4.69, 9.17) is 0 Å². The first-order valence-electron chi connectivity index (χ1n) is 6.37. The minimum absolute atomic E-state index is 0.163. The Morgan fingerprint density at radius 1 is 1.25 bits per heavy atom. The Bertz CT molecular complexity index is 749. The molecule has 0 fully saturated rings. The second-order valence-corrected chi connectivity index (χ2v) is 4.55. The number of fused-ring (bicyclic) bond motifs is 1. The van der Waals surface area contributed by atoms with Gasteiger partial charge in [0.1, 0.15) is 5.69 Å². The summed E-state index contributed by atoms with van der Waals surface area (Å²) in [5, 5.41) is 7.17. The van der Waals surface area contributed by atoms with Gasteiger partial charge >= 0.3 is 0 Å². The van der Waals surface area contributed by atoms with E-state index in [-0.39, 0.29) is 5.91 Å². The zero-order valence-corrected chi connectivity index (χ0v) is 11.1. The van der Waals surface area contributed by atoms with E-state index in [1.54, 1.807) is 16.8 Å². The summed E-state index contributed by atoms with van der Waals surface area (Å²) < 4.78 is 1.57. The van der Waals surface area contributed by atoms with Crippen LogP contribution in [0.1, 0.15) is 21.7 Å². The molecule has 2 aromatic heterocycles. The molecule has 3 rings (SSSR count). The summed E-state index contributed by atoms with van der Waals surface area (Å²) in [6.07, 6.45) is 1.62. The summed E-state index contributed by atoms with van der Waals surface area (Å²) in [7, 11) is 0. The third-order valence-electron chi connectivity index (χ3n) is 3.01. The van der Waals surface area contributed by atoms with E-state index in [0.29, 0.717) is 17.9 Å². The number of aryl methyl sites for hydroxylation is 1. The van der Waals surface area contributed by atoms with Crippen LogP contribution >= 0.6 is 0 Å². The molecule has 1 aromatic carbocycles. The number of amides is 1. The van der Waals surface area contributed by atoms with Crippen molar-refractivity contribution in [3.8, 4) is 0 Å². The number of hydrogen-bond donors (Lipinski definition) is 1. The van der Waals surface area contributed by atoms with Crippen molar-refractivity contribution in [2.45, 2.75) is 13.5 Å². The van der Waals surface area contributed by atoms with Gasteiger partial charge in [0, 0.05) is 18.8 Å². The number of hydrogen-bond acceptors (Lipinski definition) is 3. The molecular weight excluding hydrogens is 252 g/mol. The van der Waals surface area contributed by atoms with Crippen LogP contribution in [0.25, 0.3) is 5.65 Å². The first-order valence-corrected chi connectivity index (χ1v) is 6.37. The van der Waals surface area contributed by atoms with Crippen LogP contribution in [-0.2, 0) is 6.54 Å². The molecule has 2 heterocycles. The predicted molar refractivity (Wildman–Crippen MR) is 75.3 cm³/mol. The third-order valence-corrected chi connectivity index (χ3v) is 3.01. The van der Waals surface area contributed by atoms with Gasteiger partial charge in [-0.3, -0.25) is 4.79 Å². The van der Waals surface area contributed by atoms with Gasteiger partial charge in [-0.1, -0.05) is 30.3 Å². The molecule has 0 radical (unpaired) electrons. The summed E-state index contributed by atoms with van der Waals surface area (Å²) in [6.45, 7) is 2.37. The standard InChI is InChI=1S/C15H14N4O/c1-11-9-14-16-8-7-13(19(14)18-11)15(20)17-10-12-5-3-2-4-6-12/h2-9H,10H2,1H3,(H,17,20). The van der Waals surface area contributed by atoms with E-state index in [1.807, 2.05) is 43.3 Å². The fourth-order valence-corrected chi connectivity index (χ4v) is 2.05. The lowest BCUT2D eigenvalue weighted by Crippen LogP contribution is -2.25. The molecule has 0 unspecified atom stereocenters. The quantitative estimate of drug-likeness (QED) is 0.788. The van der Waals surface area contributed by atoms with Crippen LogP contribution in [0.5, 0.6) is 0 Å². The lowest BCUT2D eigenvalue weighted by Gasteiger charge is -2.06. The van der Waals surface area contributed by atoms with Crippen molar-refractivity contribution in [3.63, 3.8) is 0 Å². The Hall–Kier alpha value is -2.69. The zero-order chi connectivity index (χ0) is 13.9. The number of benzene rings is 1. The molecule has 3 aromatic rings. The SMILES string of the molecule is Cc1cc2nccc(C(=O)NCc3ccccc3)n2n1. The Kier molecular flexibility index (Phi) is 3.16. The minimum Gasteiger partial charge on any atom is -0.347 e. The molecule has 100 valence electrons. The van der Waals surface area contributed by atoms with Crippen molar-refractivity contribution in [3.05, 3.63) is 65.6 Å². The van der Waals surface area contributed by atoms with Crippen molar-refractivity contribution in [1.29, 1.82) is 0 Å². The van der Waals surface area contributed by atoms with Crippen LogP contribution in [0, 0.1) is 6.92 Å². The van der Waals surface area contributed by atoms with Crippen LogP contribution in [0.2, 0.25) is 0 Å². The van der Waals surface area contributed by atoms with E-state index >= 15 is 0 Å². The van der Waals surface area contributed by atoms with Gasteiger partial charge in [-0.2, -0.15) is 5.10 Å². The predicted octanol–water partition coefficient (Wildman–Crippen LogP) is 1.97. The molecule has 0 atom stereocenters. The molecule has 1 amide bonds. The molecule has 0 aliphatic carbocycles. The van der Waals surface area contributed by atoms with Crippen LogP contribution in [0.3, 0.4) is 0 Å². The molecule has 0 saturated heterocycles. The maximum atomic E-state index is 12.2. The van der Waals surface area contributed by atoms with E-state index in [9.17, 15) is 4.79 Å². The van der Waals surface area contributed by atoms with Crippen LogP contribution in [0.15, 0.2) is 48.7 Å². The van der Waals surface area contributed by atoms with Crippen molar-refractivity contribution in [1.82, 2.24) is 19.9 Å². The van der Waals surface area contributed by atoms with Gasteiger partial charge < -0.3 is 5.32 Å². The van der Waals surface area contributed by atoms with Gasteiger partial charge in [0.2, 0.25) is 0 Å². The summed E-state index contributed by atoms with van der Waals surface area (Å²) in [5.41, 5.74) is 3.05. The van der Waals surface area contributed by atoms with Crippen molar-refractivity contribution in [2.24, 2.45) is 0 Å². The van der Waals surface area contributed by atoms with Gasteiger partial charge in [0.15, 0.2) is 5.65 Å². The van der Waals surface area contributed by atoms with Crippen LogP contribution in [-0.4, -0.2) is 20.5 Å². The molecule has 5 nitrogen and oxygen atoms in total. The van der Waals surface area contributed by atoms with Crippen LogP contribution in [0.4, 0.5) is 0 Å². The van der Waals surface area contributed by atoms with Crippen LogP contribution < -0.4 is 5.32 Å². The zero-order valence-electron chi connectivity index (χ0n) is 11.1. The highest BCUT2D eigenvalue weighted by Crippen LogP contribution is 2.07. The second-order valence-electron chi connectivity index (χ2n) is 4.55. The summed E-state index contributed by atoms with van der Waals surface area (Å²) in [4.78, 5) is 16.4. The lowest BCUT2D eigenvalue weighted by molar-refractivity contribution is 0.0943. The molecule has 0 saturated carbocycles. The molecule has 0 aliphatic rings. The largest absolute Gasteiger partial charge is 0.347 e. The smallest absolute Gasteiger partial charge is 0.270 e. The summed E-state index contributed by atoms with van der Waals surface area (Å²) in [5.74, 6) is -0.163. The first kappa shape index (κ1) is 12.3. The van der Waals surface area contributed by atoms with E-state index in [1.165, 1.54) is 0 Å². The maximum Gasteiger partial charge on any atom is 0.270 e. The number of carbonyl (C=O) groups is 1. The number of nitrogens with zero attached hydrogens (tertiary/aromatic N) is 3. The Morgan fingerprint density at radius 3 is 2.85 bits per heavy atom. The summed E-state index contributed by atoms with van der Waals surface area (Å²) >= 11 is 0. The number of aromatic nitrogens is 3. The highest BCUT2D eigenvalue weighted by molar-refractivity contribution is 5.92. The Morgan fingerprint density at radius 2 is 2.05 bits per heavy atom. The summed E-state index contributed by atoms with van der Waals surface area (Å²) in [6, 6.07) is 13.3. The lowest BCUT2D eigenvalue weighted by atomic mass is 10.2. The van der Waals surface area contributed by atoms with Gasteiger partial charge in [0.05, 0.1) is 5.69 Å². The molecule has 0 bridgehead atoms. The number of rotatable bonds is 3. The van der Waals surface area contributed by atoms with E-state index in [0.717, 1.165) is 11.3 Å². The molecule has 5 heteroatoms. The molecule has 0 aliphatic heterocycles. The van der Waals surface area contributed by atoms with E-state index < -0.39 is 0 Å². The van der Waals surface area contributed by atoms with Gasteiger partial charge in [0.25, 0.3) is 5.91 Å². The average Bonchev–Trinajstić information content (AvgIpc) is 2.85. The first-order chi connectivity index (χ1) is 9.74. The van der Waals surface area contributed by atoms with Crippen molar-refractivity contribution >= 4 is 11.6 Å². The van der Waals surface area contributed by atoms with Crippen molar-refractivity contribution < 1.29 is 4.79 Å². The topological polar surface area (TPSA) is 59.3 Å². The van der Waals surface area contributed by atoms with Crippen molar-refractivity contribution in [2.75, 3.05) is 0 Å². The van der Waals surface area contributed by atoms with Gasteiger partial charge in [-0.15, -0.1) is 0 Å². The fourth-order valence-electron chi connectivity index (χ4n) is 2.05. The maximum absolute atomic E-state index is 12.2. The fraction of sp³-hybridized carbons (Fsp3) is 0.133. The molecular formula is C15H14N4O. The normalized spacial score (nSPS) is 10.7. The highest BCUT2D eigenvalue weighted by atomic mass is 16.1. The Labute approximate surface area is 116 Å². The van der Waals surface area contributed by atoms with Gasteiger partial charge in [-0.05, 0) is 18.6 Å².